The van der Waals surface area contributed by atoms with Gasteiger partial charge in [0.15, 0.2) is 9.84 Å². The summed E-state index contributed by atoms with van der Waals surface area (Å²) in [6, 6.07) is 1.25. The summed E-state index contributed by atoms with van der Waals surface area (Å²) in [5, 5.41) is 3.16. The predicted octanol–water partition coefficient (Wildman–Crippen LogP) is 1.04. The van der Waals surface area contributed by atoms with Crippen LogP contribution in [0.5, 0.6) is 0 Å². The highest BCUT2D eigenvalue weighted by atomic mass is 35.5. The first-order chi connectivity index (χ1) is 9.34. The average Bonchev–Trinajstić information content (AvgIpc) is 2.77. The van der Waals surface area contributed by atoms with Crippen LogP contribution >= 0.6 is 11.6 Å². The van der Waals surface area contributed by atoms with E-state index in [1.807, 2.05) is 0 Å². The SMILES string of the molecule is CNc1ncc(C(=O)N(C)C2CCS(=O)(=O)C2)cc1Cl. The van der Waals surface area contributed by atoms with Crippen LogP contribution in [0.4, 0.5) is 5.82 Å². The second kappa shape index (κ2) is 5.57. The summed E-state index contributed by atoms with van der Waals surface area (Å²) in [5.74, 6) is 0.372. The number of nitrogens with zero attached hydrogens (tertiary/aromatic N) is 2. The van der Waals surface area contributed by atoms with Gasteiger partial charge in [-0.3, -0.25) is 4.79 Å². The molecule has 6 nitrogen and oxygen atoms in total. The Morgan fingerprint density at radius 3 is 2.75 bits per heavy atom. The van der Waals surface area contributed by atoms with E-state index in [2.05, 4.69) is 10.3 Å². The summed E-state index contributed by atoms with van der Waals surface area (Å²) in [7, 11) is 0.270. The van der Waals surface area contributed by atoms with Gasteiger partial charge in [-0.25, -0.2) is 13.4 Å². The van der Waals surface area contributed by atoms with Gasteiger partial charge in [0.25, 0.3) is 5.91 Å². The number of carbonyl (C=O) groups is 1. The lowest BCUT2D eigenvalue weighted by Gasteiger charge is -2.23. The molecule has 2 heterocycles. The molecule has 110 valence electrons. The smallest absolute Gasteiger partial charge is 0.255 e. The van der Waals surface area contributed by atoms with Gasteiger partial charge in [-0.1, -0.05) is 11.6 Å². The fraction of sp³-hybridized carbons (Fsp3) is 0.500. The molecular formula is C12H16ClN3O3S. The number of hydrogen-bond acceptors (Lipinski definition) is 5. The van der Waals surface area contributed by atoms with Crippen molar-refractivity contribution in [1.82, 2.24) is 9.88 Å². The molecule has 2 rings (SSSR count). The average molecular weight is 318 g/mol. The molecule has 1 aromatic rings. The van der Waals surface area contributed by atoms with Crippen LogP contribution in [0.25, 0.3) is 0 Å². The Hall–Kier alpha value is -1.34. The molecule has 1 saturated heterocycles. The third kappa shape index (κ3) is 3.04. The van der Waals surface area contributed by atoms with Gasteiger partial charge in [0.05, 0.1) is 22.1 Å². The lowest BCUT2D eigenvalue weighted by molar-refractivity contribution is 0.0747. The number of anilines is 1. The molecule has 0 bridgehead atoms. The Bertz CT molecular complexity index is 633. The zero-order valence-corrected chi connectivity index (χ0v) is 12.8. The number of amides is 1. The number of hydrogen-bond donors (Lipinski definition) is 1. The van der Waals surface area contributed by atoms with Crippen LogP contribution in [0.1, 0.15) is 16.8 Å². The molecule has 0 aliphatic carbocycles. The van der Waals surface area contributed by atoms with Crippen molar-refractivity contribution in [2.75, 3.05) is 30.9 Å². The van der Waals surface area contributed by atoms with E-state index in [-0.39, 0.29) is 23.5 Å². The topological polar surface area (TPSA) is 79.4 Å². The molecule has 1 amide bonds. The summed E-state index contributed by atoms with van der Waals surface area (Å²) in [5.41, 5.74) is 0.348. The fourth-order valence-electron chi connectivity index (χ4n) is 2.19. The first-order valence-corrected chi connectivity index (χ1v) is 8.35. The van der Waals surface area contributed by atoms with E-state index in [0.717, 1.165) is 0 Å². The predicted molar refractivity (Wildman–Crippen MR) is 77.9 cm³/mol. The number of nitrogens with one attached hydrogen (secondary N) is 1. The van der Waals surface area contributed by atoms with E-state index in [1.165, 1.54) is 17.2 Å². The van der Waals surface area contributed by atoms with Crippen molar-refractivity contribution >= 4 is 33.2 Å². The van der Waals surface area contributed by atoms with E-state index in [4.69, 9.17) is 11.6 Å². The maximum atomic E-state index is 12.3. The highest BCUT2D eigenvalue weighted by molar-refractivity contribution is 7.91. The monoisotopic (exact) mass is 317 g/mol. The Labute approximate surface area is 123 Å². The number of aromatic nitrogens is 1. The van der Waals surface area contributed by atoms with Crippen molar-refractivity contribution in [1.29, 1.82) is 0 Å². The molecule has 0 spiro atoms. The second-order valence-corrected chi connectivity index (χ2v) is 7.41. The van der Waals surface area contributed by atoms with Crippen LogP contribution in [0.3, 0.4) is 0 Å². The molecule has 0 aromatic carbocycles. The van der Waals surface area contributed by atoms with Crippen molar-refractivity contribution in [2.24, 2.45) is 0 Å². The summed E-state index contributed by atoms with van der Waals surface area (Å²) >= 11 is 5.99. The fourth-order valence-corrected chi connectivity index (χ4v) is 4.22. The third-order valence-corrected chi connectivity index (χ3v) is 5.44. The minimum atomic E-state index is -3.02. The van der Waals surface area contributed by atoms with Crippen LogP contribution in [-0.2, 0) is 9.84 Å². The molecule has 1 N–H and O–H groups in total. The Morgan fingerprint density at radius 1 is 1.55 bits per heavy atom. The van der Waals surface area contributed by atoms with E-state index in [0.29, 0.717) is 22.8 Å². The number of halogens is 1. The van der Waals surface area contributed by atoms with Crippen LogP contribution in [0.2, 0.25) is 5.02 Å². The first kappa shape index (κ1) is 15.1. The van der Waals surface area contributed by atoms with Gasteiger partial charge < -0.3 is 10.2 Å². The van der Waals surface area contributed by atoms with E-state index < -0.39 is 9.84 Å². The molecule has 1 fully saturated rings. The summed E-state index contributed by atoms with van der Waals surface area (Å²) in [4.78, 5) is 17.8. The maximum absolute atomic E-state index is 12.3. The Balaban J connectivity index is 2.17. The minimum Gasteiger partial charge on any atom is -0.372 e. The van der Waals surface area contributed by atoms with Crippen LogP contribution in [0.15, 0.2) is 12.3 Å². The third-order valence-electron chi connectivity index (χ3n) is 3.40. The normalized spacial score (nSPS) is 20.6. The van der Waals surface area contributed by atoms with Crippen molar-refractivity contribution < 1.29 is 13.2 Å². The summed E-state index contributed by atoms with van der Waals surface area (Å²) in [6.07, 6.45) is 1.90. The summed E-state index contributed by atoms with van der Waals surface area (Å²) in [6.45, 7) is 0. The lowest BCUT2D eigenvalue weighted by Crippen LogP contribution is -2.37. The quantitative estimate of drug-likeness (QED) is 0.901. The van der Waals surface area contributed by atoms with Gasteiger partial charge in [-0.15, -0.1) is 0 Å². The van der Waals surface area contributed by atoms with Crippen molar-refractivity contribution in [3.63, 3.8) is 0 Å². The van der Waals surface area contributed by atoms with E-state index in [9.17, 15) is 13.2 Å². The number of pyridine rings is 1. The zero-order valence-electron chi connectivity index (χ0n) is 11.3. The van der Waals surface area contributed by atoms with E-state index in [1.54, 1.807) is 14.1 Å². The van der Waals surface area contributed by atoms with Crippen molar-refractivity contribution in [2.45, 2.75) is 12.5 Å². The zero-order chi connectivity index (χ0) is 14.9. The van der Waals surface area contributed by atoms with Gasteiger partial charge >= 0.3 is 0 Å². The minimum absolute atomic E-state index is 0.0188. The van der Waals surface area contributed by atoms with Gasteiger partial charge in [0.1, 0.15) is 5.82 Å². The highest BCUT2D eigenvalue weighted by Gasteiger charge is 2.33. The van der Waals surface area contributed by atoms with Crippen LogP contribution < -0.4 is 5.32 Å². The number of sulfone groups is 1. The molecule has 1 aliphatic rings. The standard InChI is InChI=1S/C12H16ClN3O3S/c1-14-11-10(13)5-8(6-15-11)12(17)16(2)9-3-4-20(18,19)7-9/h5-6,9H,3-4,7H2,1-2H3,(H,14,15). The van der Waals surface area contributed by atoms with Crippen molar-refractivity contribution in [3.05, 3.63) is 22.8 Å². The molecule has 20 heavy (non-hydrogen) atoms. The lowest BCUT2D eigenvalue weighted by atomic mass is 10.2. The van der Waals surface area contributed by atoms with Crippen LogP contribution in [0, 0.1) is 0 Å². The molecule has 0 saturated carbocycles. The molecular weight excluding hydrogens is 302 g/mol. The molecule has 1 aliphatic heterocycles. The van der Waals surface area contributed by atoms with Gasteiger partial charge in [0, 0.05) is 26.3 Å². The number of carbonyl (C=O) groups excluding carboxylic acids is 1. The molecule has 8 heteroatoms. The highest BCUT2D eigenvalue weighted by Crippen LogP contribution is 2.22. The van der Waals surface area contributed by atoms with E-state index >= 15 is 0 Å². The van der Waals surface area contributed by atoms with Crippen LogP contribution in [-0.4, -0.2) is 55.9 Å². The summed E-state index contributed by atoms with van der Waals surface area (Å²) < 4.78 is 22.9. The maximum Gasteiger partial charge on any atom is 0.255 e. The molecule has 1 atom stereocenters. The molecule has 0 radical (unpaired) electrons. The first-order valence-electron chi connectivity index (χ1n) is 6.15. The Morgan fingerprint density at radius 2 is 2.25 bits per heavy atom. The van der Waals surface area contributed by atoms with Gasteiger partial charge in [-0.05, 0) is 12.5 Å². The molecule has 1 aromatic heterocycles. The van der Waals surface area contributed by atoms with Gasteiger partial charge in [0.2, 0.25) is 0 Å². The molecule has 1 unspecified atom stereocenters. The number of rotatable bonds is 3. The van der Waals surface area contributed by atoms with Gasteiger partial charge in [-0.2, -0.15) is 0 Å². The largest absolute Gasteiger partial charge is 0.372 e. The second-order valence-electron chi connectivity index (χ2n) is 4.78. The van der Waals surface area contributed by atoms with Crippen molar-refractivity contribution in [3.8, 4) is 0 Å². The Kier molecular flexibility index (Phi) is 4.19.